The van der Waals surface area contributed by atoms with Crippen molar-refractivity contribution in [2.24, 2.45) is 26.6 Å². The number of hydrogen-bond acceptors (Lipinski definition) is 18. The number of nitrogens with one attached hydrogen (secondary N) is 7. The van der Waals surface area contributed by atoms with Crippen LogP contribution in [0.3, 0.4) is 0 Å². The van der Waals surface area contributed by atoms with Gasteiger partial charge in [-0.3, -0.25) is 19.6 Å². The fraction of sp³-hybridized carbons (Fsp3) is 0.218. The molecular formula is C55H61N13O8S. The molecule has 0 saturated carbocycles. The third-order valence-electron chi connectivity index (χ3n) is 11.4. The maximum absolute atomic E-state index is 13.1. The van der Waals surface area contributed by atoms with E-state index in [2.05, 4.69) is 76.5 Å². The Labute approximate surface area is 449 Å². The lowest BCUT2D eigenvalue weighted by atomic mass is 10.1. The molecule has 13 N–H and O–H groups in total. The number of carbonyl (C=O) groups is 4. The van der Waals surface area contributed by atoms with Gasteiger partial charge in [0.15, 0.2) is 11.5 Å². The van der Waals surface area contributed by atoms with Crippen molar-refractivity contribution in [3.63, 3.8) is 0 Å². The minimum Gasteiger partial charge on any atom is -0.506 e. The summed E-state index contributed by atoms with van der Waals surface area (Å²) in [5.74, 6) is 6.63. The highest BCUT2D eigenvalue weighted by Crippen LogP contribution is 2.41. The minimum atomic E-state index is -0.688. The molecule has 0 fully saturated rings. The Kier molecular flexibility index (Phi) is 20.1. The number of carbonyl (C=O) groups excluding carboxylic acids is 4. The number of nitrogens with two attached hydrogens (primary N) is 2. The number of phenolic OH excluding ortho intramolecular Hbond substituents is 1. The zero-order valence-electron chi connectivity index (χ0n) is 42.5. The summed E-state index contributed by atoms with van der Waals surface area (Å²) in [5, 5.41) is 43.5. The first-order valence-corrected chi connectivity index (χ1v) is 25.5. The molecule has 77 heavy (non-hydrogen) atoms. The van der Waals surface area contributed by atoms with E-state index in [0.717, 1.165) is 59.9 Å². The van der Waals surface area contributed by atoms with Crippen molar-refractivity contribution in [2.45, 2.75) is 19.8 Å². The smallest absolute Gasteiger partial charge is 0.344 e. The summed E-state index contributed by atoms with van der Waals surface area (Å²) in [6.07, 6.45) is 4.77. The number of benzene rings is 5. The van der Waals surface area contributed by atoms with E-state index in [-0.39, 0.29) is 65.2 Å². The second-order valence-electron chi connectivity index (χ2n) is 17.1. The Bertz CT molecular complexity index is 3090. The van der Waals surface area contributed by atoms with Crippen molar-refractivity contribution in [3.05, 3.63) is 166 Å². The van der Waals surface area contributed by atoms with Crippen LogP contribution in [0.1, 0.15) is 46.8 Å². The predicted molar refractivity (Wildman–Crippen MR) is 304 cm³/mol. The zero-order chi connectivity index (χ0) is 54.5. The van der Waals surface area contributed by atoms with Gasteiger partial charge in [-0.15, -0.1) is 0 Å². The van der Waals surface area contributed by atoms with Crippen molar-refractivity contribution in [3.8, 4) is 11.5 Å². The van der Waals surface area contributed by atoms with Crippen LogP contribution < -0.4 is 53.5 Å². The molecule has 4 amide bonds. The van der Waals surface area contributed by atoms with E-state index >= 15 is 0 Å². The minimum absolute atomic E-state index is 0.0289. The molecule has 8 rings (SSSR count). The van der Waals surface area contributed by atoms with Gasteiger partial charge in [0, 0.05) is 78.0 Å². The largest absolute Gasteiger partial charge is 0.506 e. The van der Waals surface area contributed by atoms with Gasteiger partial charge in [-0.05, 0) is 122 Å². The number of esters is 1. The van der Waals surface area contributed by atoms with Crippen LogP contribution >= 0.6 is 11.8 Å². The quantitative estimate of drug-likeness (QED) is 0.0119. The lowest BCUT2D eigenvalue weighted by molar-refractivity contribution is -0.138. The fourth-order valence-corrected chi connectivity index (χ4v) is 8.69. The second-order valence-corrected chi connectivity index (χ2v) is 18.1. The molecule has 0 aliphatic carbocycles. The highest BCUT2D eigenvalue weighted by molar-refractivity contribution is 8.18. The molecule has 0 aromatic heterocycles. The van der Waals surface area contributed by atoms with Crippen LogP contribution in [-0.2, 0) is 14.3 Å². The molecule has 0 saturated heterocycles. The van der Waals surface area contributed by atoms with Gasteiger partial charge >= 0.3 is 12.0 Å². The highest BCUT2D eigenvalue weighted by atomic mass is 32.2. The maximum Gasteiger partial charge on any atom is 0.344 e. The summed E-state index contributed by atoms with van der Waals surface area (Å²) < 4.78 is 11.0. The van der Waals surface area contributed by atoms with Crippen LogP contribution in [-0.4, -0.2) is 116 Å². The molecule has 5 aromatic rings. The van der Waals surface area contributed by atoms with Crippen LogP contribution in [0.5, 0.6) is 11.5 Å². The fourth-order valence-electron chi connectivity index (χ4n) is 7.66. The summed E-state index contributed by atoms with van der Waals surface area (Å²) in [6, 6.07) is 33.1. The summed E-state index contributed by atoms with van der Waals surface area (Å²) in [4.78, 5) is 63.5. The molecule has 400 valence electrons. The highest BCUT2D eigenvalue weighted by Gasteiger charge is 2.33. The van der Waals surface area contributed by atoms with Crippen molar-refractivity contribution < 1.29 is 38.9 Å². The molecule has 0 spiro atoms. The zero-order valence-corrected chi connectivity index (χ0v) is 43.3. The Hall–Kier alpha value is -9.28. The average Bonchev–Trinajstić information content (AvgIpc) is 4.26. The topological polar surface area (TPSA) is 304 Å². The number of hydrogen-bond donors (Lipinski definition) is 11. The first-order valence-electron chi connectivity index (χ1n) is 24.6. The normalized spacial score (nSPS) is 14.8. The number of anilines is 4. The number of aliphatic imine (C=N–C) groups is 3. The first-order chi connectivity index (χ1) is 37.4. The molecule has 0 atom stereocenters. The van der Waals surface area contributed by atoms with Crippen LogP contribution in [0.4, 0.5) is 33.2 Å². The summed E-state index contributed by atoms with van der Waals surface area (Å²) >= 11 is 1.12. The van der Waals surface area contributed by atoms with Crippen LogP contribution in [0.15, 0.2) is 158 Å². The molecule has 22 heteroatoms. The van der Waals surface area contributed by atoms with Gasteiger partial charge in [0.2, 0.25) is 6.41 Å². The van der Waals surface area contributed by atoms with Gasteiger partial charge in [0.05, 0.1) is 43.4 Å². The number of amides is 4. The molecule has 21 nitrogen and oxygen atoms in total. The van der Waals surface area contributed by atoms with Gasteiger partial charge in [0.25, 0.3) is 5.91 Å². The number of amidine groups is 2. The van der Waals surface area contributed by atoms with Gasteiger partial charge in [-0.2, -0.15) is 0 Å². The lowest BCUT2D eigenvalue weighted by Crippen LogP contribution is -2.32. The number of thioether (sulfide) groups is 1. The van der Waals surface area contributed by atoms with E-state index in [4.69, 9.17) is 21.1 Å². The summed E-state index contributed by atoms with van der Waals surface area (Å²) in [6.45, 7) is 5.79. The van der Waals surface area contributed by atoms with Crippen molar-refractivity contribution >= 4 is 87.3 Å². The molecule has 3 aliphatic heterocycles. The van der Waals surface area contributed by atoms with Crippen LogP contribution in [0.25, 0.3) is 6.08 Å². The molecule has 0 unspecified atom stereocenters. The molecular weight excluding hydrogens is 1000 g/mol. The molecule has 3 aliphatic rings. The maximum atomic E-state index is 13.1. The number of hydrazine groups is 1. The predicted octanol–water partition coefficient (Wildman–Crippen LogP) is 6.79. The number of aliphatic hydroxyl groups excluding tert-OH is 1. The number of phenols is 1. The molecule has 0 bridgehead atoms. The third kappa shape index (κ3) is 16.4. The number of urea groups is 1. The van der Waals surface area contributed by atoms with Gasteiger partial charge in [-0.1, -0.05) is 36.0 Å². The standard InChI is InChI=1S/C45H48N10O8S.C10H13N3/c1-2-62-44(60)39-40(58)38(64-43(39)52-32-8-4-3-5-9-32)21-28-10-15-37(36(57)20-28)63-19-7-6-18-55(47)26-31(46)25-50-42(59)30-22-34(51-27-56)24-35(23-30)54-45(61)53-33-13-11-29(12-14-33)41-48-16-17-49-41;1-11-9-4-2-8(3-5-9)10-12-6-7-13-10/h3-5,8-15,20-24,26-27,57-58H,2,6-7,16-19,25,46-47H2,1H3,(H,48,49)(H,50,59)(H,51,56)(H2,53,54,61);2-5,11H,6-7H2,1H3,(H,12,13)/b31-26-,38-21-,52-43?;. The van der Waals surface area contributed by atoms with E-state index in [0.29, 0.717) is 59.2 Å². The van der Waals surface area contributed by atoms with Gasteiger partial charge < -0.3 is 67.6 Å². The Balaban J connectivity index is 0.000000573. The van der Waals surface area contributed by atoms with Crippen LogP contribution in [0.2, 0.25) is 0 Å². The summed E-state index contributed by atoms with van der Waals surface area (Å²) in [5.41, 5.74) is 12.0. The lowest BCUT2D eigenvalue weighted by Gasteiger charge is -2.16. The number of aromatic hydroxyl groups is 1. The van der Waals surface area contributed by atoms with Gasteiger partial charge in [-0.25, -0.2) is 20.4 Å². The molecule has 5 aromatic carbocycles. The Morgan fingerprint density at radius 1 is 0.831 bits per heavy atom. The number of unbranched alkanes of at least 4 members (excludes halogenated alkanes) is 1. The first kappa shape index (κ1) is 55.5. The monoisotopic (exact) mass is 1060 g/mol. The van der Waals surface area contributed by atoms with Crippen molar-refractivity contribution in [1.29, 1.82) is 0 Å². The number of nitrogens with zero attached hydrogens (tertiary/aromatic N) is 4. The van der Waals surface area contributed by atoms with E-state index in [1.165, 1.54) is 35.5 Å². The van der Waals surface area contributed by atoms with Crippen molar-refractivity contribution in [2.75, 3.05) is 80.8 Å². The number of aliphatic hydroxyl groups is 1. The molecule has 0 radical (unpaired) electrons. The van der Waals surface area contributed by atoms with E-state index in [1.807, 2.05) is 37.4 Å². The van der Waals surface area contributed by atoms with E-state index in [1.54, 1.807) is 49.4 Å². The van der Waals surface area contributed by atoms with E-state index < -0.39 is 17.9 Å². The second kappa shape index (κ2) is 27.9. The van der Waals surface area contributed by atoms with Crippen molar-refractivity contribution in [1.82, 2.24) is 21.0 Å². The average molecular weight is 1060 g/mol. The van der Waals surface area contributed by atoms with Crippen LogP contribution in [0, 0.1) is 0 Å². The number of ether oxygens (including phenoxy) is 2. The van der Waals surface area contributed by atoms with Gasteiger partial charge in [0.1, 0.15) is 28.0 Å². The number of para-hydroxylation sites is 1. The number of rotatable bonds is 21. The molecule has 3 heterocycles. The Morgan fingerprint density at radius 3 is 2.12 bits per heavy atom. The SMILES string of the molecule is CCOC(=O)C1=C(O)/C(=C/c2ccc(OCCCCN(N)/C=C(\N)CNC(=O)c3cc(NC=O)cc(NC(=O)Nc4ccc(C5=NCCN5)cc4)c3)c(O)c2)SC1=Nc1ccccc1.CNc1ccc(C2=NCCN2)cc1. The Morgan fingerprint density at radius 2 is 1.49 bits per heavy atom. The summed E-state index contributed by atoms with van der Waals surface area (Å²) in [7, 11) is 1.92. The van der Waals surface area contributed by atoms with E-state index in [9.17, 15) is 29.4 Å². The third-order valence-corrected chi connectivity index (χ3v) is 12.4.